The fourth-order valence-electron chi connectivity index (χ4n) is 4.92. The van der Waals surface area contributed by atoms with E-state index in [0.717, 1.165) is 18.4 Å². The molecular formula is C30H47N3O6. The Morgan fingerprint density at radius 1 is 0.897 bits per heavy atom. The number of nitrogens with zero attached hydrogens (tertiary/aromatic N) is 2. The highest BCUT2D eigenvalue weighted by atomic mass is 16.5. The first-order valence-corrected chi connectivity index (χ1v) is 14.7. The molecule has 1 heterocycles. The van der Waals surface area contributed by atoms with E-state index < -0.39 is 18.0 Å². The van der Waals surface area contributed by atoms with Crippen LogP contribution < -0.4 is 5.32 Å². The summed E-state index contributed by atoms with van der Waals surface area (Å²) in [5, 5.41) is 12.2. The predicted molar refractivity (Wildman–Crippen MR) is 150 cm³/mol. The van der Waals surface area contributed by atoms with Crippen molar-refractivity contribution in [1.82, 2.24) is 15.1 Å². The molecule has 0 saturated carbocycles. The first-order valence-electron chi connectivity index (χ1n) is 14.7. The summed E-state index contributed by atoms with van der Waals surface area (Å²) in [5.41, 5.74) is 1.32. The normalized spacial score (nSPS) is 13.6. The van der Waals surface area contributed by atoms with Gasteiger partial charge in [-0.15, -0.1) is 0 Å². The molecule has 3 amide bonds. The van der Waals surface area contributed by atoms with Gasteiger partial charge in [-0.1, -0.05) is 76.8 Å². The van der Waals surface area contributed by atoms with Crippen molar-refractivity contribution in [1.29, 1.82) is 0 Å². The molecule has 39 heavy (non-hydrogen) atoms. The molecule has 0 unspecified atom stereocenters. The van der Waals surface area contributed by atoms with Crippen LogP contribution in [0.2, 0.25) is 0 Å². The third kappa shape index (κ3) is 11.7. The zero-order valence-electron chi connectivity index (χ0n) is 23.8. The first-order chi connectivity index (χ1) is 18.9. The Kier molecular flexibility index (Phi) is 15.0. The van der Waals surface area contributed by atoms with E-state index in [0.29, 0.717) is 38.0 Å². The molecule has 9 heteroatoms. The zero-order chi connectivity index (χ0) is 28.5. The minimum atomic E-state index is -0.987. The number of esters is 1. The largest absolute Gasteiger partial charge is 0.465 e. The van der Waals surface area contributed by atoms with Gasteiger partial charge in [-0.25, -0.2) is 9.59 Å². The molecule has 0 spiro atoms. The number of ether oxygens (including phenoxy) is 1. The second-order valence-corrected chi connectivity index (χ2v) is 10.3. The monoisotopic (exact) mass is 545 g/mol. The Labute approximate surface area is 233 Å². The quantitative estimate of drug-likeness (QED) is 0.164. The fraction of sp³-hybridized carbons (Fsp3) is 0.667. The molecule has 1 aromatic rings. The highest BCUT2D eigenvalue weighted by Gasteiger charge is 2.33. The summed E-state index contributed by atoms with van der Waals surface area (Å²) in [6.07, 6.45) is 12.4. The Balaban J connectivity index is 1.81. The van der Waals surface area contributed by atoms with Crippen LogP contribution in [0.3, 0.4) is 0 Å². The van der Waals surface area contributed by atoms with Gasteiger partial charge in [-0.2, -0.15) is 0 Å². The number of nitrogens with one attached hydrogen (secondary N) is 1. The van der Waals surface area contributed by atoms with Gasteiger partial charge < -0.3 is 25.0 Å². The number of piperidine rings is 1. The Morgan fingerprint density at radius 2 is 1.46 bits per heavy atom. The minimum Gasteiger partial charge on any atom is -0.465 e. The summed E-state index contributed by atoms with van der Waals surface area (Å²) >= 11 is 0. The van der Waals surface area contributed by atoms with Crippen LogP contribution in [-0.4, -0.2) is 71.1 Å². The molecule has 0 radical (unpaired) electrons. The average molecular weight is 546 g/mol. The van der Waals surface area contributed by atoms with E-state index in [9.17, 15) is 24.3 Å². The van der Waals surface area contributed by atoms with E-state index in [2.05, 4.69) is 12.2 Å². The third-order valence-corrected chi connectivity index (χ3v) is 7.27. The maximum absolute atomic E-state index is 12.9. The number of carboxylic acid groups (broad SMARTS) is 1. The lowest BCUT2D eigenvalue weighted by Crippen LogP contribution is -2.50. The molecule has 0 bridgehead atoms. The molecule has 1 saturated heterocycles. The highest BCUT2D eigenvalue weighted by Crippen LogP contribution is 2.20. The summed E-state index contributed by atoms with van der Waals surface area (Å²) in [5.74, 6) is -1.77. The molecule has 2 N–H and O–H groups in total. The number of unbranched alkanes of at least 4 members (excludes halogenated alkanes) is 9. The third-order valence-electron chi connectivity index (χ3n) is 7.27. The number of rotatable bonds is 16. The van der Waals surface area contributed by atoms with Crippen LogP contribution in [0, 0.1) is 0 Å². The van der Waals surface area contributed by atoms with Gasteiger partial charge in [-0.3, -0.25) is 9.59 Å². The summed E-state index contributed by atoms with van der Waals surface area (Å²) in [6.45, 7) is 5.39. The maximum atomic E-state index is 12.9. The van der Waals surface area contributed by atoms with E-state index in [1.807, 2.05) is 0 Å². The van der Waals surface area contributed by atoms with E-state index in [1.165, 1.54) is 61.2 Å². The van der Waals surface area contributed by atoms with E-state index in [1.54, 1.807) is 31.2 Å². The van der Waals surface area contributed by atoms with Crippen LogP contribution in [0.15, 0.2) is 24.3 Å². The topological polar surface area (TPSA) is 116 Å². The summed E-state index contributed by atoms with van der Waals surface area (Å²) in [7, 11) is 0. The summed E-state index contributed by atoms with van der Waals surface area (Å²) in [6, 6.07) is 6.74. The van der Waals surface area contributed by atoms with Gasteiger partial charge in [0.05, 0.1) is 6.61 Å². The highest BCUT2D eigenvalue weighted by molar-refractivity contribution is 6.32. The number of hydrogen-bond donors (Lipinski definition) is 2. The van der Waals surface area contributed by atoms with Gasteiger partial charge in [0.2, 0.25) is 0 Å². The maximum Gasteiger partial charge on any atom is 0.407 e. The number of benzene rings is 1. The van der Waals surface area contributed by atoms with Crippen molar-refractivity contribution >= 4 is 23.9 Å². The lowest BCUT2D eigenvalue weighted by Gasteiger charge is -2.37. The van der Waals surface area contributed by atoms with E-state index >= 15 is 0 Å². The van der Waals surface area contributed by atoms with Crippen LogP contribution in [0.1, 0.15) is 107 Å². The van der Waals surface area contributed by atoms with Gasteiger partial charge in [0.25, 0.3) is 5.91 Å². The zero-order valence-corrected chi connectivity index (χ0v) is 23.8. The van der Waals surface area contributed by atoms with Crippen molar-refractivity contribution in [3.05, 3.63) is 35.4 Å². The molecule has 0 aromatic heterocycles. The average Bonchev–Trinajstić information content (AvgIpc) is 2.94. The molecular weight excluding hydrogens is 498 g/mol. The number of amides is 3. The second-order valence-electron chi connectivity index (χ2n) is 10.3. The lowest BCUT2D eigenvalue weighted by molar-refractivity contribution is -0.162. The molecule has 2 rings (SSSR count). The SMILES string of the molecule is CCCCCCCCCCCCNC(=O)c1ccc(CN(C(=O)C(=O)OCC)C2CCN(C(=O)O)CC2)cc1. The Hall–Kier alpha value is -3.10. The lowest BCUT2D eigenvalue weighted by atomic mass is 10.0. The van der Waals surface area contributed by atoms with Crippen molar-refractivity contribution in [2.75, 3.05) is 26.2 Å². The number of carbonyl (C=O) groups is 4. The number of carbonyl (C=O) groups excluding carboxylic acids is 3. The van der Waals surface area contributed by atoms with Gasteiger partial charge >= 0.3 is 18.0 Å². The van der Waals surface area contributed by atoms with Crippen molar-refractivity contribution in [2.24, 2.45) is 0 Å². The van der Waals surface area contributed by atoms with Crippen molar-refractivity contribution in [2.45, 2.75) is 103 Å². The number of hydrogen-bond acceptors (Lipinski definition) is 5. The predicted octanol–water partition coefficient (Wildman–Crippen LogP) is 5.37. The van der Waals surface area contributed by atoms with Crippen LogP contribution in [-0.2, 0) is 20.9 Å². The number of likely N-dealkylation sites (tertiary alicyclic amines) is 1. The van der Waals surface area contributed by atoms with Crippen LogP contribution in [0.4, 0.5) is 4.79 Å². The van der Waals surface area contributed by atoms with E-state index in [4.69, 9.17) is 4.74 Å². The summed E-state index contributed by atoms with van der Waals surface area (Å²) < 4.78 is 4.93. The first kappa shape index (κ1) is 32.1. The smallest absolute Gasteiger partial charge is 0.407 e. The van der Waals surface area contributed by atoms with Crippen molar-refractivity contribution < 1.29 is 29.0 Å². The second kappa shape index (κ2) is 18.2. The van der Waals surface area contributed by atoms with Crippen molar-refractivity contribution in [3.8, 4) is 0 Å². The Bertz CT molecular complexity index is 896. The van der Waals surface area contributed by atoms with Gasteiger partial charge in [0.1, 0.15) is 0 Å². The fourth-order valence-corrected chi connectivity index (χ4v) is 4.92. The molecule has 9 nitrogen and oxygen atoms in total. The van der Waals surface area contributed by atoms with Crippen LogP contribution in [0.25, 0.3) is 0 Å². The molecule has 0 aliphatic carbocycles. The van der Waals surface area contributed by atoms with Crippen LogP contribution in [0.5, 0.6) is 0 Å². The molecule has 1 aromatic carbocycles. The summed E-state index contributed by atoms with van der Waals surface area (Å²) in [4.78, 5) is 51.7. The minimum absolute atomic E-state index is 0.0960. The van der Waals surface area contributed by atoms with Crippen molar-refractivity contribution in [3.63, 3.8) is 0 Å². The van der Waals surface area contributed by atoms with Gasteiger partial charge in [-0.05, 0) is 43.9 Å². The van der Waals surface area contributed by atoms with Gasteiger partial charge in [0.15, 0.2) is 0 Å². The Morgan fingerprint density at radius 3 is 2.00 bits per heavy atom. The van der Waals surface area contributed by atoms with E-state index in [-0.39, 0.29) is 25.1 Å². The molecule has 1 fully saturated rings. The molecule has 218 valence electrons. The molecule has 1 aliphatic heterocycles. The molecule has 1 aliphatic rings. The molecule has 0 atom stereocenters. The standard InChI is InChI=1S/C30H47N3O6/c1-3-5-6-7-8-9-10-11-12-13-20-31-27(34)25-16-14-24(15-17-25)23-33(28(35)29(36)39-4-2)26-18-21-32(22-19-26)30(37)38/h14-17,26H,3-13,18-23H2,1-2H3,(H,31,34)(H,37,38). The van der Waals surface area contributed by atoms with Crippen LogP contribution >= 0.6 is 0 Å². The van der Waals surface area contributed by atoms with Gasteiger partial charge in [0, 0.05) is 37.8 Å².